The minimum Gasteiger partial charge on any atom is -0.476 e. The molecule has 2 rings (SSSR count). The summed E-state index contributed by atoms with van der Waals surface area (Å²) in [5.41, 5.74) is 1.14. The third-order valence-electron chi connectivity index (χ3n) is 2.17. The SMILES string of the molecule is Cc1sc(NCc2cccnc2)nc1C(=O)O. The van der Waals surface area contributed by atoms with Gasteiger partial charge in [0.2, 0.25) is 0 Å². The first kappa shape index (κ1) is 11.5. The second-order valence-corrected chi connectivity index (χ2v) is 4.65. The third kappa shape index (κ3) is 2.79. The second-order valence-electron chi connectivity index (χ2n) is 3.44. The van der Waals surface area contributed by atoms with E-state index in [1.54, 1.807) is 19.3 Å². The number of anilines is 1. The maximum Gasteiger partial charge on any atom is 0.355 e. The van der Waals surface area contributed by atoms with Gasteiger partial charge in [0.15, 0.2) is 10.8 Å². The maximum absolute atomic E-state index is 10.8. The van der Waals surface area contributed by atoms with Gasteiger partial charge in [0.1, 0.15) is 0 Å². The number of thiazole rings is 1. The highest BCUT2D eigenvalue weighted by molar-refractivity contribution is 7.15. The molecule has 17 heavy (non-hydrogen) atoms. The van der Waals surface area contributed by atoms with Crippen LogP contribution in [0.4, 0.5) is 5.13 Å². The molecule has 0 bridgehead atoms. The van der Waals surface area contributed by atoms with Crippen molar-refractivity contribution in [1.82, 2.24) is 9.97 Å². The van der Waals surface area contributed by atoms with Gasteiger partial charge in [-0.15, -0.1) is 11.3 Å². The van der Waals surface area contributed by atoms with Gasteiger partial charge in [0.05, 0.1) is 0 Å². The van der Waals surface area contributed by atoms with E-state index in [0.29, 0.717) is 16.6 Å². The Morgan fingerprint density at radius 2 is 2.41 bits per heavy atom. The highest BCUT2D eigenvalue weighted by Crippen LogP contribution is 2.22. The molecule has 0 aliphatic carbocycles. The van der Waals surface area contributed by atoms with Crippen LogP contribution in [0.25, 0.3) is 0 Å². The summed E-state index contributed by atoms with van der Waals surface area (Å²) in [6.07, 6.45) is 3.46. The maximum atomic E-state index is 10.8. The number of carboxylic acid groups (broad SMARTS) is 1. The highest BCUT2D eigenvalue weighted by atomic mass is 32.1. The van der Waals surface area contributed by atoms with Gasteiger partial charge < -0.3 is 10.4 Å². The summed E-state index contributed by atoms with van der Waals surface area (Å²) >= 11 is 1.34. The smallest absolute Gasteiger partial charge is 0.355 e. The van der Waals surface area contributed by atoms with Crippen molar-refractivity contribution in [2.75, 3.05) is 5.32 Å². The predicted octanol–water partition coefficient (Wildman–Crippen LogP) is 2.16. The van der Waals surface area contributed by atoms with Gasteiger partial charge in [-0.2, -0.15) is 0 Å². The zero-order valence-corrected chi connectivity index (χ0v) is 9.99. The van der Waals surface area contributed by atoms with Gasteiger partial charge in [0.25, 0.3) is 0 Å². The molecule has 0 fully saturated rings. The van der Waals surface area contributed by atoms with E-state index in [0.717, 1.165) is 5.56 Å². The molecule has 0 aliphatic heterocycles. The van der Waals surface area contributed by atoms with E-state index in [2.05, 4.69) is 15.3 Å². The fourth-order valence-corrected chi connectivity index (χ4v) is 2.15. The number of nitrogens with zero attached hydrogens (tertiary/aromatic N) is 2. The summed E-state index contributed by atoms with van der Waals surface area (Å²) in [6.45, 7) is 2.33. The molecule has 0 unspecified atom stereocenters. The molecule has 0 aliphatic rings. The quantitative estimate of drug-likeness (QED) is 0.868. The number of pyridine rings is 1. The van der Waals surface area contributed by atoms with Crippen molar-refractivity contribution in [3.63, 3.8) is 0 Å². The van der Waals surface area contributed by atoms with Crippen LogP contribution in [0.5, 0.6) is 0 Å². The zero-order chi connectivity index (χ0) is 12.3. The van der Waals surface area contributed by atoms with Crippen molar-refractivity contribution in [2.45, 2.75) is 13.5 Å². The fourth-order valence-electron chi connectivity index (χ4n) is 1.35. The van der Waals surface area contributed by atoms with E-state index < -0.39 is 5.97 Å². The van der Waals surface area contributed by atoms with Crippen LogP contribution in [-0.2, 0) is 6.54 Å². The topological polar surface area (TPSA) is 75.1 Å². The number of nitrogens with one attached hydrogen (secondary N) is 1. The first-order valence-corrected chi connectivity index (χ1v) is 5.82. The van der Waals surface area contributed by atoms with Crippen molar-refractivity contribution in [3.8, 4) is 0 Å². The summed E-state index contributed by atoms with van der Waals surface area (Å²) in [6, 6.07) is 3.80. The zero-order valence-electron chi connectivity index (χ0n) is 9.17. The van der Waals surface area contributed by atoms with E-state index in [1.807, 2.05) is 12.1 Å². The number of aromatic nitrogens is 2. The molecule has 2 aromatic rings. The Hall–Kier alpha value is -1.95. The van der Waals surface area contributed by atoms with Crippen molar-refractivity contribution in [3.05, 3.63) is 40.7 Å². The molecule has 0 spiro atoms. The molecule has 0 atom stereocenters. The molecule has 0 aromatic carbocycles. The minimum atomic E-state index is -0.992. The van der Waals surface area contributed by atoms with Gasteiger partial charge in [-0.05, 0) is 18.6 Å². The number of carbonyl (C=O) groups is 1. The Labute approximate surface area is 102 Å². The number of hydrogen-bond donors (Lipinski definition) is 2. The van der Waals surface area contributed by atoms with E-state index >= 15 is 0 Å². The van der Waals surface area contributed by atoms with Crippen molar-refractivity contribution in [1.29, 1.82) is 0 Å². The van der Waals surface area contributed by atoms with Crippen molar-refractivity contribution in [2.24, 2.45) is 0 Å². The van der Waals surface area contributed by atoms with E-state index in [9.17, 15) is 4.79 Å². The minimum absolute atomic E-state index is 0.115. The predicted molar refractivity (Wildman–Crippen MR) is 65.4 cm³/mol. The standard InChI is InChI=1S/C11H11N3O2S/c1-7-9(10(15)16)14-11(17-7)13-6-8-3-2-4-12-5-8/h2-5H,6H2,1H3,(H,13,14)(H,15,16). The average molecular weight is 249 g/mol. The largest absolute Gasteiger partial charge is 0.476 e. The van der Waals surface area contributed by atoms with Gasteiger partial charge >= 0.3 is 5.97 Å². The highest BCUT2D eigenvalue weighted by Gasteiger charge is 2.13. The Kier molecular flexibility index (Phi) is 3.34. The van der Waals surface area contributed by atoms with E-state index in [4.69, 9.17) is 5.11 Å². The lowest BCUT2D eigenvalue weighted by atomic mass is 10.3. The van der Waals surface area contributed by atoms with Gasteiger partial charge in [-0.25, -0.2) is 9.78 Å². The van der Waals surface area contributed by atoms with Crippen LogP contribution in [0.15, 0.2) is 24.5 Å². The summed E-state index contributed by atoms with van der Waals surface area (Å²) in [5.74, 6) is -0.992. The number of rotatable bonds is 4. The van der Waals surface area contributed by atoms with Crippen molar-refractivity contribution >= 4 is 22.4 Å². The summed E-state index contributed by atoms with van der Waals surface area (Å²) in [4.78, 5) is 19.5. The molecule has 5 nitrogen and oxygen atoms in total. The average Bonchev–Trinajstić information content (AvgIpc) is 2.69. The molecule has 0 amide bonds. The van der Waals surface area contributed by atoms with Crippen LogP contribution in [0.1, 0.15) is 20.9 Å². The lowest BCUT2D eigenvalue weighted by Gasteiger charge is -2.01. The first-order chi connectivity index (χ1) is 8.16. The fraction of sp³-hybridized carbons (Fsp3) is 0.182. The van der Waals surface area contributed by atoms with Crippen LogP contribution >= 0.6 is 11.3 Å². The van der Waals surface area contributed by atoms with Crippen LogP contribution in [0, 0.1) is 6.92 Å². The van der Waals surface area contributed by atoms with Gasteiger partial charge in [-0.3, -0.25) is 4.98 Å². The van der Waals surface area contributed by atoms with E-state index in [1.165, 1.54) is 11.3 Å². The normalized spacial score (nSPS) is 10.2. The molecular formula is C11H11N3O2S. The lowest BCUT2D eigenvalue weighted by Crippen LogP contribution is -2.01. The molecule has 0 saturated carbocycles. The first-order valence-electron chi connectivity index (χ1n) is 5.00. The molecule has 88 valence electrons. The Morgan fingerprint density at radius 1 is 1.59 bits per heavy atom. The van der Waals surface area contributed by atoms with Crippen LogP contribution in [-0.4, -0.2) is 21.0 Å². The number of aromatic carboxylic acids is 1. The third-order valence-corrected chi connectivity index (χ3v) is 3.09. The Morgan fingerprint density at radius 3 is 3.00 bits per heavy atom. The Bertz CT molecular complexity index is 525. The van der Waals surface area contributed by atoms with Crippen LogP contribution in [0.2, 0.25) is 0 Å². The molecule has 0 radical (unpaired) electrons. The molecule has 0 saturated heterocycles. The van der Waals surface area contributed by atoms with Crippen LogP contribution in [0.3, 0.4) is 0 Å². The van der Waals surface area contributed by atoms with Gasteiger partial charge in [-0.1, -0.05) is 6.07 Å². The molecule has 2 N–H and O–H groups in total. The monoisotopic (exact) mass is 249 g/mol. The van der Waals surface area contributed by atoms with Gasteiger partial charge in [0, 0.05) is 23.8 Å². The van der Waals surface area contributed by atoms with E-state index in [-0.39, 0.29) is 5.69 Å². The lowest BCUT2D eigenvalue weighted by molar-refractivity contribution is 0.0690. The Balaban J connectivity index is 2.05. The summed E-state index contributed by atoms with van der Waals surface area (Å²) in [7, 11) is 0. The molecule has 6 heteroatoms. The van der Waals surface area contributed by atoms with Crippen molar-refractivity contribution < 1.29 is 9.90 Å². The second kappa shape index (κ2) is 4.92. The molecular weight excluding hydrogens is 238 g/mol. The number of carboxylic acids is 1. The number of aryl methyl sites for hydroxylation is 1. The molecule has 2 heterocycles. The summed E-state index contributed by atoms with van der Waals surface area (Å²) < 4.78 is 0. The number of hydrogen-bond acceptors (Lipinski definition) is 5. The summed E-state index contributed by atoms with van der Waals surface area (Å²) in [5, 5.41) is 12.6. The van der Waals surface area contributed by atoms with Crippen LogP contribution < -0.4 is 5.32 Å². The molecule has 2 aromatic heterocycles.